The Balaban J connectivity index is 1.62. The molecule has 45 heavy (non-hydrogen) atoms. The lowest BCUT2D eigenvalue weighted by Gasteiger charge is -2.43. The van der Waals surface area contributed by atoms with Gasteiger partial charge in [0.15, 0.2) is 0 Å². The predicted molar refractivity (Wildman–Crippen MR) is 212 cm³/mol. The van der Waals surface area contributed by atoms with Gasteiger partial charge in [0, 0.05) is 0 Å². The van der Waals surface area contributed by atoms with Gasteiger partial charge in [0.1, 0.15) is 0 Å². The molecular formula is C40H45P5. The summed E-state index contributed by atoms with van der Waals surface area (Å²) in [7, 11) is -2.17. The van der Waals surface area contributed by atoms with Crippen molar-refractivity contribution < 1.29 is 0 Å². The van der Waals surface area contributed by atoms with Crippen LogP contribution in [0, 0.1) is 0 Å². The van der Waals surface area contributed by atoms with E-state index in [4.69, 9.17) is 0 Å². The molecule has 0 N–H and O–H groups in total. The van der Waals surface area contributed by atoms with Gasteiger partial charge in [0.05, 0.1) is 0 Å². The zero-order valence-electron chi connectivity index (χ0n) is 26.2. The van der Waals surface area contributed by atoms with Crippen molar-refractivity contribution in [2.45, 2.75) is 51.4 Å². The maximum Gasteiger partial charge on any atom is -0.00636 e. The zero-order chi connectivity index (χ0) is 30.5. The van der Waals surface area contributed by atoms with Crippen LogP contribution in [0.15, 0.2) is 152 Å². The molecule has 0 bridgehead atoms. The van der Waals surface area contributed by atoms with Crippen LogP contribution in [-0.2, 0) is 0 Å². The molecule has 5 heteroatoms. The van der Waals surface area contributed by atoms with Gasteiger partial charge in [-0.15, -0.1) is 0 Å². The molecule has 1 fully saturated rings. The van der Waals surface area contributed by atoms with Crippen LogP contribution < -0.4 is 26.5 Å². The van der Waals surface area contributed by atoms with E-state index in [1.807, 2.05) is 0 Å². The van der Waals surface area contributed by atoms with E-state index in [0.717, 1.165) is 0 Å². The topological polar surface area (TPSA) is 0 Å². The molecule has 230 valence electrons. The molecule has 4 atom stereocenters. The Labute approximate surface area is 277 Å². The molecule has 5 aromatic carbocycles. The summed E-state index contributed by atoms with van der Waals surface area (Å²) >= 11 is 0. The Morgan fingerprint density at radius 3 is 0.800 bits per heavy atom. The smallest absolute Gasteiger partial charge is 0.00636 e. The van der Waals surface area contributed by atoms with E-state index < -0.39 is 21.9 Å². The summed E-state index contributed by atoms with van der Waals surface area (Å²) in [5, 5.41) is 8.08. The van der Waals surface area contributed by atoms with E-state index in [1.165, 1.54) is 63.7 Å². The molecule has 0 aliphatic carbocycles. The van der Waals surface area contributed by atoms with Crippen LogP contribution in [0.4, 0.5) is 0 Å². The highest BCUT2D eigenvalue weighted by molar-refractivity contribution is 8.90. The molecule has 0 saturated carbocycles. The minimum atomic E-state index is -0.500. The molecule has 1 aliphatic heterocycles. The van der Waals surface area contributed by atoms with Crippen molar-refractivity contribution in [1.82, 2.24) is 0 Å². The van der Waals surface area contributed by atoms with Crippen LogP contribution in [0.5, 0.6) is 0 Å². The highest BCUT2D eigenvalue weighted by Crippen LogP contribution is 3.01. The maximum absolute atomic E-state index is 2.51. The fourth-order valence-corrected chi connectivity index (χ4v) is 48.9. The third kappa shape index (κ3) is 8.99. The van der Waals surface area contributed by atoms with Gasteiger partial charge in [0.25, 0.3) is 0 Å². The van der Waals surface area contributed by atoms with Crippen LogP contribution in [-0.4, -0.2) is 12.3 Å². The minimum Gasteiger partial charge on any atom is -0.0622 e. The van der Waals surface area contributed by atoms with E-state index >= 15 is 0 Å². The van der Waals surface area contributed by atoms with E-state index in [-0.39, 0.29) is 15.2 Å². The van der Waals surface area contributed by atoms with Crippen molar-refractivity contribution in [2.75, 3.05) is 12.3 Å². The molecule has 5 aromatic rings. The third-order valence-electron chi connectivity index (χ3n) is 8.38. The van der Waals surface area contributed by atoms with Gasteiger partial charge in [-0.3, -0.25) is 0 Å². The normalized spacial score (nSPS) is 23.8. The largest absolute Gasteiger partial charge is 0.0622 e. The van der Waals surface area contributed by atoms with Gasteiger partial charge in [-0.1, -0.05) is 190 Å². The Kier molecular flexibility index (Phi) is 13.2. The van der Waals surface area contributed by atoms with Crippen molar-refractivity contribution in [1.29, 1.82) is 0 Å². The van der Waals surface area contributed by atoms with Crippen LogP contribution in [0.3, 0.4) is 0 Å². The van der Waals surface area contributed by atoms with Crippen molar-refractivity contribution in [2.24, 2.45) is 0 Å². The summed E-state index contributed by atoms with van der Waals surface area (Å²) in [5.41, 5.74) is 0. The summed E-state index contributed by atoms with van der Waals surface area (Å²) in [4.78, 5) is 0. The van der Waals surface area contributed by atoms with Gasteiger partial charge in [-0.2, -0.15) is 0 Å². The zero-order valence-corrected chi connectivity index (χ0v) is 30.7. The lowest BCUT2D eigenvalue weighted by molar-refractivity contribution is 0.587. The first-order valence-corrected chi connectivity index (χ1v) is 26.5. The second-order valence-electron chi connectivity index (χ2n) is 11.6. The first kappa shape index (κ1) is 33.2. The van der Waals surface area contributed by atoms with Gasteiger partial charge >= 0.3 is 0 Å². The molecule has 0 amide bonds. The highest BCUT2D eigenvalue weighted by Gasteiger charge is 2.41. The molecule has 1 heterocycles. The third-order valence-corrected chi connectivity index (χ3v) is 40.1. The quantitative estimate of drug-likeness (QED) is 0.162. The number of benzene rings is 5. The number of rotatable bonds is 5. The van der Waals surface area contributed by atoms with Crippen LogP contribution in [0.25, 0.3) is 0 Å². The van der Waals surface area contributed by atoms with Crippen molar-refractivity contribution in [3.63, 3.8) is 0 Å². The van der Waals surface area contributed by atoms with Crippen LogP contribution in [0.2, 0.25) is 0 Å². The van der Waals surface area contributed by atoms with E-state index in [9.17, 15) is 0 Å². The first-order valence-electron chi connectivity index (χ1n) is 16.6. The van der Waals surface area contributed by atoms with E-state index in [2.05, 4.69) is 152 Å². The Morgan fingerprint density at radius 1 is 0.244 bits per heavy atom. The monoisotopic (exact) mass is 680 g/mol. The molecule has 4 unspecified atom stereocenters. The molecule has 0 radical (unpaired) electrons. The SMILES string of the molecule is c1ccc(P2CCCCCCCCCCP(c3ccccc3)P(c3ccccc3)P(c3ccccc3)P2c2ccccc2)cc1. The summed E-state index contributed by atoms with van der Waals surface area (Å²) in [5.74, 6) is 0. The van der Waals surface area contributed by atoms with Crippen molar-refractivity contribution >= 4 is 63.6 Å². The maximum atomic E-state index is 2.51. The lowest BCUT2D eigenvalue weighted by Crippen LogP contribution is -2.14. The average molecular weight is 681 g/mol. The predicted octanol–water partition coefficient (Wildman–Crippen LogP) is 11.8. The summed E-state index contributed by atoms with van der Waals surface area (Å²) in [6.07, 6.45) is 13.7. The Hall–Kier alpha value is -1.75. The lowest BCUT2D eigenvalue weighted by atomic mass is 10.1. The molecule has 0 aromatic heterocycles. The molecular weight excluding hydrogens is 635 g/mol. The Bertz CT molecular complexity index is 1420. The molecule has 0 spiro atoms. The minimum absolute atomic E-state index is 0.369. The van der Waals surface area contributed by atoms with Gasteiger partial charge in [-0.25, -0.2) is 0 Å². The molecule has 0 nitrogen and oxygen atoms in total. The summed E-state index contributed by atoms with van der Waals surface area (Å²) in [6.45, 7) is 0. The summed E-state index contributed by atoms with van der Waals surface area (Å²) < 4.78 is 0. The number of hydrogen-bond acceptors (Lipinski definition) is 0. The van der Waals surface area contributed by atoms with Gasteiger partial charge < -0.3 is 0 Å². The summed E-state index contributed by atoms with van der Waals surface area (Å²) in [6, 6.07) is 59.1. The highest BCUT2D eigenvalue weighted by atomic mass is 32.8. The Morgan fingerprint density at radius 2 is 0.489 bits per heavy atom. The number of hydrogen-bond donors (Lipinski definition) is 0. The van der Waals surface area contributed by atoms with E-state index in [0.29, 0.717) is 0 Å². The first-order chi connectivity index (χ1) is 22.4. The second-order valence-corrected chi connectivity index (χ2v) is 31.4. The van der Waals surface area contributed by atoms with Gasteiger partial charge in [-0.05, 0) is 88.8 Å². The van der Waals surface area contributed by atoms with Crippen molar-refractivity contribution in [3.05, 3.63) is 152 Å². The molecule has 1 aliphatic rings. The second kappa shape index (κ2) is 18.0. The van der Waals surface area contributed by atoms with Crippen LogP contribution in [0.1, 0.15) is 51.4 Å². The fraction of sp³-hybridized carbons (Fsp3) is 0.250. The molecule has 1 saturated heterocycles. The van der Waals surface area contributed by atoms with Crippen molar-refractivity contribution in [3.8, 4) is 0 Å². The van der Waals surface area contributed by atoms with Crippen LogP contribution >= 0.6 is 37.1 Å². The average Bonchev–Trinajstić information content (AvgIpc) is 3.12. The molecule has 6 rings (SSSR count). The van der Waals surface area contributed by atoms with Gasteiger partial charge in [0.2, 0.25) is 0 Å². The fourth-order valence-electron chi connectivity index (χ4n) is 6.14. The standard InChI is InChI=1S/C40H45P5/c1-2-4-6-23-35-42(37-26-14-8-15-27-37)44(39-30-18-10-19-31-39)45(40-32-20-11-21-33-40)43(38-28-16-9-17-29-38)41(34-22-5-3-1)36-24-12-7-13-25-36/h7-21,24-33H,1-6,22-23,34-35H2. The van der Waals surface area contributed by atoms with E-state index in [1.54, 1.807) is 26.5 Å².